The van der Waals surface area contributed by atoms with E-state index in [0.29, 0.717) is 48.0 Å². The molecule has 0 radical (unpaired) electrons. The van der Waals surface area contributed by atoms with Crippen molar-refractivity contribution in [3.05, 3.63) is 77.9 Å². The largest absolute Gasteiger partial charge is 0.493 e. The minimum absolute atomic E-state index is 0.131. The molecule has 3 rings (SSSR count). The molecule has 0 aliphatic heterocycles. The third-order valence-corrected chi connectivity index (χ3v) is 6.41. The Morgan fingerprint density at radius 3 is 2.23 bits per heavy atom. The number of rotatable bonds is 13. The second kappa shape index (κ2) is 14.4. The molecular weight excluding hydrogens is 492 g/mol. The number of ether oxygens (including phenoxy) is 3. The van der Waals surface area contributed by atoms with E-state index >= 15 is 0 Å². The van der Waals surface area contributed by atoms with Crippen molar-refractivity contribution >= 4 is 17.6 Å². The minimum Gasteiger partial charge on any atom is -0.493 e. The summed E-state index contributed by atoms with van der Waals surface area (Å²) in [6, 6.07) is 21.3. The van der Waals surface area contributed by atoms with E-state index in [0.717, 1.165) is 23.2 Å². The fourth-order valence-electron chi connectivity index (χ4n) is 4.49. The van der Waals surface area contributed by atoms with Crippen molar-refractivity contribution in [2.24, 2.45) is 0 Å². The molecule has 0 bridgehead atoms. The number of carbonyl (C=O) groups is 2. The molecule has 0 saturated carbocycles. The maximum Gasteiger partial charge on any atom is 0.338 e. The first-order valence-corrected chi connectivity index (χ1v) is 13.4. The Hall–Kier alpha value is -3.84. The number of methoxy groups -OCH3 is 1. The van der Waals surface area contributed by atoms with Crippen LogP contribution in [0.15, 0.2) is 66.7 Å². The van der Waals surface area contributed by atoms with E-state index in [2.05, 4.69) is 37.9 Å². The van der Waals surface area contributed by atoms with Crippen LogP contribution in [0.4, 0.5) is 5.69 Å². The van der Waals surface area contributed by atoms with Gasteiger partial charge in [0.1, 0.15) is 6.61 Å². The van der Waals surface area contributed by atoms with Gasteiger partial charge in [-0.1, -0.05) is 36.4 Å². The van der Waals surface area contributed by atoms with Crippen molar-refractivity contribution in [2.75, 3.05) is 32.2 Å². The molecule has 0 atom stereocenters. The Labute approximate surface area is 232 Å². The lowest BCUT2D eigenvalue weighted by molar-refractivity contribution is -0.115. The van der Waals surface area contributed by atoms with E-state index in [-0.39, 0.29) is 18.3 Å². The molecule has 0 aliphatic carbocycles. The Bertz CT molecular complexity index is 1230. The second-order valence-electron chi connectivity index (χ2n) is 9.86. The molecule has 0 saturated heterocycles. The fraction of sp³-hybridized carbons (Fsp3) is 0.375. The SMILES string of the molecule is CCOC(=O)c1cccc(-c2ccc(CC(=O)Nc3ccc(OC)c(OCCN(C(C)C)C(C)C)c3)cc2)c1. The molecule has 0 aromatic heterocycles. The van der Waals surface area contributed by atoms with Gasteiger partial charge in [-0.15, -0.1) is 0 Å². The van der Waals surface area contributed by atoms with Gasteiger partial charge < -0.3 is 19.5 Å². The average Bonchev–Trinajstić information content (AvgIpc) is 2.91. The van der Waals surface area contributed by atoms with Crippen molar-refractivity contribution in [1.29, 1.82) is 0 Å². The van der Waals surface area contributed by atoms with Gasteiger partial charge in [0.15, 0.2) is 11.5 Å². The zero-order valence-electron chi connectivity index (χ0n) is 23.8. The molecule has 39 heavy (non-hydrogen) atoms. The zero-order chi connectivity index (χ0) is 28.4. The third kappa shape index (κ3) is 8.58. The van der Waals surface area contributed by atoms with Crippen LogP contribution in [0.2, 0.25) is 0 Å². The van der Waals surface area contributed by atoms with Gasteiger partial charge in [0.25, 0.3) is 0 Å². The van der Waals surface area contributed by atoms with Crippen LogP contribution < -0.4 is 14.8 Å². The Morgan fingerprint density at radius 1 is 0.872 bits per heavy atom. The molecule has 0 spiro atoms. The number of nitrogens with one attached hydrogen (secondary N) is 1. The highest BCUT2D eigenvalue weighted by Crippen LogP contribution is 2.30. The summed E-state index contributed by atoms with van der Waals surface area (Å²) in [5.41, 5.74) is 3.90. The van der Waals surface area contributed by atoms with Gasteiger partial charge in [0, 0.05) is 30.4 Å². The van der Waals surface area contributed by atoms with E-state index in [4.69, 9.17) is 14.2 Å². The van der Waals surface area contributed by atoms with E-state index < -0.39 is 0 Å². The average molecular weight is 533 g/mol. The van der Waals surface area contributed by atoms with Crippen LogP contribution in [0.1, 0.15) is 50.5 Å². The highest BCUT2D eigenvalue weighted by atomic mass is 16.5. The highest BCUT2D eigenvalue weighted by molar-refractivity contribution is 5.93. The Morgan fingerprint density at radius 2 is 1.59 bits per heavy atom. The fourth-order valence-corrected chi connectivity index (χ4v) is 4.49. The van der Waals surface area contributed by atoms with Crippen LogP contribution >= 0.6 is 0 Å². The molecule has 0 unspecified atom stereocenters. The third-order valence-electron chi connectivity index (χ3n) is 6.41. The van der Waals surface area contributed by atoms with Crippen LogP contribution in [0.3, 0.4) is 0 Å². The van der Waals surface area contributed by atoms with Crippen molar-refractivity contribution in [2.45, 2.75) is 53.1 Å². The number of nitrogens with zero attached hydrogens (tertiary/aromatic N) is 1. The van der Waals surface area contributed by atoms with Crippen LogP contribution in [0, 0.1) is 0 Å². The minimum atomic E-state index is -0.340. The lowest BCUT2D eigenvalue weighted by atomic mass is 10.0. The summed E-state index contributed by atoms with van der Waals surface area (Å²) in [6.07, 6.45) is 0.225. The van der Waals surface area contributed by atoms with Gasteiger partial charge in [0.05, 0.1) is 25.7 Å². The number of esters is 1. The van der Waals surface area contributed by atoms with Crippen LogP contribution in [0.25, 0.3) is 11.1 Å². The molecule has 208 valence electrons. The number of benzene rings is 3. The molecular formula is C32H40N2O5. The maximum atomic E-state index is 12.8. The molecule has 0 aliphatic rings. The Kier molecular flexibility index (Phi) is 10.9. The molecule has 0 heterocycles. The normalized spacial score (nSPS) is 11.1. The quantitative estimate of drug-likeness (QED) is 0.264. The predicted molar refractivity (Wildman–Crippen MR) is 156 cm³/mol. The molecule has 3 aromatic carbocycles. The lowest BCUT2D eigenvalue weighted by Crippen LogP contribution is -2.39. The number of hydrogen-bond acceptors (Lipinski definition) is 6. The monoisotopic (exact) mass is 532 g/mol. The summed E-state index contributed by atoms with van der Waals surface area (Å²) in [7, 11) is 1.60. The topological polar surface area (TPSA) is 77.1 Å². The van der Waals surface area contributed by atoms with Crippen molar-refractivity contribution in [3.8, 4) is 22.6 Å². The van der Waals surface area contributed by atoms with Gasteiger partial charge >= 0.3 is 5.97 Å². The smallest absolute Gasteiger partial charge is 0.338 e. The van der Waals surface area contributed by atoms with Gasteiger partial charge in [0.2, 0.25) is 5.91 Å². The van der Waals surface area contributed by atoms with E-state index in [9.17, 15) is 9.59 Å². The highest BCUT2D eigenvalue weighted by Gasteiger charge is 2.15. The van der Waals surface area contributed by atoms with Gasteiger partial charge in [-0.3, -0.25) is 9.69 Å². The van der Waals surface area contributed by atoms with Crippen molar-refractivity contribution in [1.82, 2.24) is 4.90 Å². The molecule has 1 N–H and O–H groups in total. The van der Waals surface area contributed by atoms with Gasteiger partial charge in [-0.25, -0.2) is 4.79 Å². The lowest BCUT2D eigenvalue weighted by Gasteiger charge is -2.30. The maximum absolute atomic E-state index is 12.8. The van der Waals surface area contributed by atoms with Crippen molar-refractivity contribution in [3.63, 3.8) is 0 Å². The molecule has 1 amide bonds. The van der Waals surface area contributed by atoms with Crippen LogP contribution in [-0.2, 0) is 16.0 Å². The first kappa shape index (κ1) is 29.7. The molecule has 7 nitrogen and oxygen atoms in total. The summed E-state index contributed by atoms with van der Waals surface area (Å²) >= 11 is 0. The molecule has 7 heteroatoms. The van der Waals surface area contributed by atoms with E-state index in [1.54, 1.807) is 38.3 Å². The summed E-state index contributed by atoms with van der Waals surface area (Å²) in [5.74, 6) is 0.746. The summed E-state index contributed by atoms with van der Waals surface area (Å²) in [5, 5.41) is 2.96. The second-order valence-corrected chi connectivity index (χ2v) is 9.86. The van der Waals surface area contributed by atoms with Crippen molar-refractivity contribution < 1.29 is 23.8 Å². The summed E-state index contributed by atoms with van der Waals surface area (Å²) < 4.78 is 16.6. The molecule has 0 fully saturated rings. The van der Waals surface area contributed by atoms with Gasteiger partial charge in [-0.05, 0) is 75.6 Å². The van der Waals surface area contributed by atoms with Crippen LogP contribution in [-0.4, -0.2) is 55.7 Å². The number of hydrogen-bond donors (Lipinski definition) is 1. The Balaban J connectivity index is 1.61. The number of anilines is 1. The van der Waals surface area contributed by atoms with E-state index in [1.807, 2.05) is 42.5 Å². The molecule has 3 aromatic rings. The summed E-state index contributed by atoms with van der Waals surface area (Å²) in [6.45, 7) is 12.1. The number of amides is 1. The number of carbonyl (C=O) groups excluding carboxylic acids is 2. The summed E-state index contributed by atoms with van der Waals surface area (Å²) in [4.78, 5) is 27.2. The van der Waals surface area contributed by atoms with Crippen LogP contribution in [0.5, 0.6) is 11.5 Å². The van der Waals surface area contributed by atoms with Gasteiger partial charge in [-0.2, -0.15) is 0 Å². The van der Waals surface area contributed by atoms with E-state index in [1.165, 1.54) is 0 Å². The first-order valence-electron chi connectivity index (χ1n) is 13.4. The first-order chi connectivity index (χ1) is 18.7. The standard InChI is InChI=1S/C32H40N2O5/c1-7-38-32(36)27-10-8-9-26(20-27)25-13-11-24(12-14-25)19-31(35)33-28-15-16-29(37-6)30(21-28)39-18-17-34(22(2)3)23(4)5/h8-16,20-23H,7,17-19H2,1-6H3,(H,33,35). The zero-order valence-corrected chi connectivity index (χ0v) is 23.8. The predicted octanol–water partition coefficient (Wildman–Crippen LogP) is 6.22.